The van der Waals surface area contributed by atoms with Crippen LogP contribution in [0.3, 0.4) is 0 Å². The second-order valence-corrected chi connectivity index (χ2v) is 3.46. The largest absolute Gasteiger partial charge is 0.390 e. The van der Waals surface area contributed by atoms with Gasteiger partial charge in [-0.3, -0.25) is 0 Å². The molecule has 0 saturated carbocycles. The second-order valence-electron chi connectivity index (χ2n) is 3.46. The normalized spacial score (nSPS) is 39.0. The maximum Gasteiger partial charge on any atom is 0.0694 e. The van der Waals surface area contributed by atoms with Crippen molar-refractivity contribution in [2.75, 3.05) is 26.8 Å². The Bertz CT molecular complexity index is 123. The molecule has 1 aliphatic heterocycles. The molecular weight excluding hydrogens is 142 g/mol. The minimum Gasteiger partial charge on any atom is -0.390 e. The van der Waals surface area contributed by atoms with Gasteiger partial charge in [0.2, 0.25) is 0 Å². The first kappa shape index (κ1) is 8.97. The highest BCUT2D eigenvalue weighted by Gasteiger charge is 2.33. The number of nitrogens with one attached hydrogen (secondary N) is 1. The van der Waals surface area contributed by atoms with Gasteiger partial charge >= 0.3 is 0 Å². The summed E-state index contributed by atoms with van der Waals surface area (Å²) in [6, 6.07) is 0. The van der Waals surface area contributed by atoms with Crippen molar-refractivity contribution in [1.29, 1.82) is 0 Å². The number of piperidine rings is 1. The smallest absolute Gasteiger partial charge is 0.0694 e. The van der Waals surface area contributed by atoms with Gasteiger partial charge in [-0.05, 0) is 19.9 Å². The Kier molecular flexibility index (Phi) is 2.87. The molecular formula is C8H17NO2. The van der Waals surface area contributed by atoms with Crippen LogP contribution < -0.4 is 5.32 Å². The quantitative estimate of drug-likeness (QED) is 0.595. The van der Waals surface area contributed by atoms with E-state index in [0.717, 1.165) is 19.5 Å². The first-order chi connectivity index (χ1) is 5.17. The number of aliphatic hydroxyl groups is 1. The lowest BCUT2D eigenvalue weighted by Crippen LogP contribution is -2.49. The zero-order valence-electron chi connectivity index (χ0n) is 7.26. The van der Waals surface area contributed by atoms with E-state index in [1.807, 2.05) is 6.92 Å². The minimum absolute atomic E-state index is 0.237. The Balaban J connectivity index is 2.45. The Morgan fingerprint density at radius 3 is 3.00 bits per heavy atom. The summed E-state index contributed by atoms with van der Waals surface area (Å²) in [6.07, 6.45) is 0.820. The molecule has 0 aliphatic carbocycles. The molecule has 0 amide bonds. The molecule has 2 N–H and O–H groups in total. The maximum absolute atomic E-state index is 9.85. The van der Waals surface area contributed by atoms with Gasteiger partial charge in [0.15, 0.2) is 0 Å². The molecule has 0 aromatic carbocycles. The molecule has 0 radical (unpaired) electrons. The van der Waals surface area contributed by atoms with Crippen LogP contribution in [-0.2, 0) is 4.74 Å². The fourth-order valence-corrected chi connectivity index (χ4v) is 1.48. The van der Waals surface area contributed by atoms with Crippen molar-refractivity contribution in [3.05, 3.63) is 0 Å². The van der Waals surface area contributed by atoms with Crippen LogP contribution in [0.25, 0.3) is 0 Å². The highest BCUT2D eigenvalue weighted by Crippen LogP contribution is 2.23. The fourth-order valence-electron chi connectivity index (χ4n) is 1.48. The first-order valence-electron chi connectivity index (χ1n) is 4.09. The number of hydrogen-bond donors (Lipinski definition) is 2. The van der Waals surface area contributed by atoms with Crippen molar-refractivity contribution >= 4 is 0 Å². The topological polar surface area (TPSA) is 41.5 Å². The van der Waals surface area contributed by atoms with Crippen LogP contribution >= 0.6 is 0 Å². The van der Waals surface area contributed by atoms with Crippen LogP contribution in [0.1, 0.15) is 13.3 Å². The third-order valence-corrected chi connectivity index (χ3v) is 2.45. The summed E-state index contributed by atoms with van der Waals surface area (Å²) in [5.41, 5.74) is -0.540. The average molecular weight is 159 g/mol. The Labute approximate surface area is 67.7 Å². The van der Waals surface area contributed by atoms with Crippen LogP contribution in [0.4, 0.5) is 0 Å². The average Bonchev–Trinajstić information content (AvgIpc) is 1.94. The van der Waals surface area contributed by atoms with Crippen molar-refractivity contribution in [3.8, 4) is 0 Å². The highest BCUT2D eigenvalue weighted by atomic mass is 16.5. The van der Waals surface area contributed by atoms with Gasteiger partial charge in [-0.25, -0.2) is 0 Å². The third kappa shape index (κ3) is 2.15. The monoisotopic (exact) mass is 159 g/mol. The molecule has 1 aliphatic rings. The van der Waals surface area contributed by atoms with E-state index in [9.17, 15) is 5.11 Å². The van der Waals surface area contributed by atoms with Gasteiger partial charge in [0.05, 0.1) is 12.2 Å². The standard InChI is InChI=1S/C8H17NO2/c1-8(10)3-4-9-5-7(8)6-11-2/h7,9-10H,3-6H2,1-2H3. The van der Waals surface area contributed by atoms with E-state index >= 15 is 0 Å². The predicted octanol–water partition coefficient (Wildman–Crippen LogP) is -0.00670. The lowest BCUT2D eigenvalue weighted by atomic mass is 9.84. The zero-order valence-corrected chi connectivity index (χ0v) is 7.26. The van der Waals surface area contributed by atoms with E-state index in [0.29, 0.717) is 6.61 Å². The molecule has 2 unspecified atom stereocenters. The lowest BCUT2D eigenvalue weighted by molar-refractivity contribution is -0.0515. The van der Waals surface area contributed by atoms with Crippen molar-refractivity contribution < 1.29 is 9.84 Å². The van der Waals surface area contributed by atoms with Crippen molar-refractivity contribution in [2.45, 2.75) is 18.9 Å². The summed E-state index contributed by atoms with van der Waals surface area (Å²) >= 11 is 0. The molecule has 3 nitrogen and oxygen atoms in total. The van der Waals surface area contributed by atoms with Crippen LogP contribution in [0.5, 0.6) is 0 Å². The van der Waals surface area contributed by atoms with Crippen molar-refractivity contribution in [2.24, 2.45) is 5.92 Å². The molecule has 66 valence electrons. The molecule has 3 heteroatoms. The number of ether oxygens (including phenoxy) is 1. The van der Waals surface area contributed by atoms with E-state index in [1.54, 1.807) is 7.11 Å². The third-order valence-electron chi connectivity index (χ3n) is 2.45. The van der Waals surface area contributed by atoms with Crippen LogP contribution in [0.2, 0.25) is 0 Å². The van der Waals surface area contributed by atoms with E-state index in [1.165, 1.54) is 0 Å². The lowest BCUT2D eigenvalue weighted by Gasteiger charge is -2.37. The predicted molar refractivity (Wildman–Crippen MR) is 43.5 cm³/mol. The van der Waals surface area contributed by atoms with E-state index in [-0.39, 0.29) is 5.92 Å². The molecule has 0 aromatic heterocycles. The highest BCUT2D eigenvalue weighted by molar-refractivity contribution is 4.87. The molecule has 2 atom stereocenters. The Hall–Kier alpha value is -0.120. The Morgan fingerprint density at radius 1 is 1.73 bits per heavy atom. The summed E-state index contributed by atoms with van der Waals surface area (Å²) in [7, 11) is 1.67. The molecule has 11 heavy (non-hydrogen) atoms. The fraction of sp³-hybridized carbons (Fsp3) is 1.00. The maximum atomic E-state index is 9.85. The minimum atomic E-state index is -0.540. The van der Waals surface area contributed by atoms with E-state index in [4.69, 9.17) is 4.74 Å². The number of rotatable bonds is 2. The van der Waals surface area contributed by atoms with Crippen molar-refractivity contribution in [3.63, 3.8) is 0 Å². The molecule has 1 rings (SSSR count). The zero-order chi connectivity index (χ0) is 8.32. The Morgan fingerprint density at radius 2 is 2.45 bits per heavy atom. The van der Waals surface area contributed by atoms with Gasteiger partial charge in [-0.2, -0.15) is 0 Å². The number of methoxy groups -OCH3 is 1. The van der Waals surface area contributed by atoms with Gasteiger partial charge in [-0.15, -0.1) is 0 Å². The van der Waals surface area contributed by atoms with E-state index in [2.05, 4.69) is 5.32 Å². The summed E-state index contributed by atoms with van der Waals surface area (Å²) in [5.74, 6) is 0.237. The van der Waals surface area contributed by atoms with E-state index < -0.39 is 5.60 Å². The summed E-state index contributed by atoms with van der Waals surface area (Å²) < 4.78 is 5.02. The van der Waals surface area contributed by atoms with Gasteiger partial charge in [0.1, 0.15) is 0 Å². The van der Waals surface area contributed by atoms with Crippen molar-refractivity contribution in [1.82, 2.24) is 5.32 Å². The van der Waals surface area contributed by atoms with Gasteiger partial charge in [-0.1, -0.05) is 0 Å². The molecule has 0 aromatic rings. The molecule has 1 saturated heterocycles. The van der Waals surface area contributed by atoms with Crippen LogP contribution in [-0.4, -0.2) is 37.5 Å². The van der Waals surface area contributed by atoms with Gasteiger partial charge in [0, 0.05) is 19.6 Å². The molecule has 0 bridgehead atoms. The SMILES string of the molecule is COCC1CNCCC1(C)O. The number of hydrogen-bond acceptors (Lipinski definition) is 3. The van der Waals surface area contributed by atoms with Crippen LogP contribution in [0, 0.1) is 5.92 Å². The van der Waals surface area contributed by atoms with Gasteiger partial charge in [0.25, 0.3) is 0 Å². The first-order valence-corrected chi connectivity index (χ1v) is 4.09. The molecule has 1 heterocycles. The molecule has 0 spiro atoms. The van der Waals surface area contributed by atoms with Crippen LogP contribution in [0.15, 0.2) is 0 Å². The summed E-state index contributed by atoms with van der Waals surface area (Å²) in [5, 5.41) is 13.1. The molecule has 1 fully saturated rings. The second kappa shape index (κ2) is 3.52. The summed E-state index contributed by atoms with van der Waals surface area (Å²) in [6.45, 7) is 4.30. The summed E-state index contributed by atoms with van der Waals surface area (Å²) in [4.78, 5) is 0. The van der Waals surface area contributed by atoms with Gasteiger partial charge < -0.3 is 15.2 Å².